The second kappa shape index (κ2) is 11.3. The molecule has 3 N–H and O–H groups in total. The molecule has 3 rings (SSSR count). The third kappa shape index (κ3) is 7.90. The molecule has 0 spiro atoms. The minimum absolute atomic E-state index is 0.286. The number of nitrogens with one attached hydrogen (secondary N) is 2. The number of hydrogen-bond acceptors (Lipinski definition) is 5. The molecule has 1 aliphatic carbocycles. The summed E-state index contributed by atoms with van der Waals surface area (Å²) in [6.45, 7) is 0.771. The summed E-state index contributed by atoms with van der Waals surface area (Å²) in [6, 6.07) is 15.5. The Balaban J connectivity index is 1.69. The second-order valence-electron chi connectivity index (χ2n) is 8.34. The molecular weight excluding hydrogens is 438 g/mol. The molecule has 176 valence electrons. The van der Waals surface area contributed by atoms with Crippen molar-refractivity contribution in [3.05, 3.63) is 65.7 Å². The van der Waals surface area contributed by atoms with E-state index in [1.54, 1.807) is 18.2 Å². The SMILES string of the molecule is CN(c1cccc(C(=O)NC(Cc2ccccc2)C(O)CNCC#CC2CC2)c1)S(C)(=O)=O. The fourth-order valence-electron chi connectivity index (χ4n) is 3.29. The van der Waals surface area contributed by atoms with Crippen LogP contribution >= 0.6 is 0 Å². The van der Waals surface area contributed by atoms with E-state index in [9.17, 15) is 18.3 Å². The molecule has 2 aromatic rings. The van der Waals surface area contributed by atoms with E-state index in [4.69, 9.17) is 0 Å². The summed E-state index contributed by atoms with van der Waals surface area (Å²) in [4.78, 5) is 13.0. The maximum Gasteiger partial charge on any atom is 0.251 e. The number of sulfonamides is 1. The van der Waals surface area contributed by atoms with E-state index in [2.05, 4.69) is 22.5 Å². The molecule has 33 heavy (non-hydrogen) atoms. The number of aliphatic hydroxyl groups is 1. The molecule has 2 aromatic carbocycles. The summed E-state index contributed by atoms with van der Waals surface area (Å²) < 4.78 is 24.8. The molecular formula is C25H31N3O4S. The maximum atomic E-state index is 13.0. The van der Waals surface area contributed by atoms with Gasteiger partial charge in [-0.2, -0.15) is 0 Å². The molecule has 2 atom stereocenters. The summed E-state index contributed by atoms with van der Waals surface area (Å²) in [7, 11) is -2.01. The number of rotatable bonds is 10. The predicted molar refractivity (Wildman–Crippen MR) is 130 cm³/mol. The Labute approximate surface area is 196 Å². The van der Waals surface area contributed by atoms with Gasteiger partial charge in [0.2, 0.25) is 10.0 Å². The van der Waals surface area contributed by atoms with E-state index in [0.29, 0.717) is 30.1 Å². The summed E-state index contributed by atoms with van der Waals surface area (Å²) in [6.07, 6.45) is 3.06. The molecule has 2 unspecified atom stereocenters. The number of carbonyl (C=O) groups is 1. The number of anilines is 1. The third-order valence-electron chi connectivity index (χ3n) is 5.50. The van der Waals surface area contributed by atoms with Crippen molar-refractivity contribution in [2.24, 2.45) is 5.92 Å². The highest BCUT2D eigenvalue weighted by Gasteiger charge is 2.23. The van der Waals surface area contributed by atoms with Crippen LogP contribution in [0, 0.1) is 17.8 Å². The van der Waals surface area contributed by atoms with Gasteiger partial charge in [0.25, 0.3) is 5.91 Å². The fraction of sp³-hybridized carbons (Fsp3) is 0.400. The van der Waals surface area contributed by atoms with E-state index in [1.165, 1.54) is 26.0 Å². The van der Waals surface area contributed by atoms with Crippen LogP contribution in [0.5, 0.6) is 0 Å². The number of amides is 1. The Kier molecular flexibility index (Phi) is 8.50. The highest BCUT2D eigenvalue weighted by atomic mass is 32.2. The zero-order valence-corrected chi connectivity index (χ0v) is 19.8. The fourth-order valence-corrected chi connectivity index (χ4v) is 3.78. The van der Waals surface area contributed by atoms with Crippen LogP contribution in [0.25, 0.3) is 0 Å². The van der Waals surface area contributed by atoms with Gasteiger partial charge >= 0.3 is 0 Å². The van der Waals surface area contributed by atoms with Crippen molar-refractivity contribution in [1.82, 2.24) is 10.6 Å². The summed E-state index contributed by atoms with van der Waals surface area (Å²) in [5, 5.41) is 16.9. The van der Waals surface area contributed by atoms with Crippen molar-refractivity contribution in [2.75, 3.05) is 30.7 Å². The predicted octanol–water partition coefficient (Wildman–Crippen LogP) is 1.79. The van der Waals surface area contributed by atoms with Crippen molar-refractivity contribution >= 4 is 21.6 Å². The second-order valence-corrected chi connectivity index (χ2v) is 10.4. The first-order chi connectivity index (χ1) is 15.7. The van der Waals surface area contributed by atoms with Crippen molar-refractivity contribution in [3.8, 4) is 11.8 Å². The van der Waals surface area contributed by atoms with Crippen molar-refractivity contribution in [2.45, 2.75) is 31.4 Å². The van der Waals surface area contributed by atoms with Crippen LogP contribution in [0.3, 0.4) is 0 Å². The van der Waals surface area contributed by atoms with Gasteiger partial charge in [-0.15, -0.1) is 0 Å². The van der Waals surface area contributed by atoms with Gasteiger partial charge in [0.1, 0.15) is 0 Å². The van der Waals surface area contributed by atoms with Gasteiger partial charge in [0.15, 0.2) is 0 Å². The lowest BCUT2D eigenvalue weighted by Gasteiger charge is -2.25. The van der Waals surface area contributed by atoms with E-state index >= 15 is 0 Å². The first kappa shape index (κ1) is 24.8. The number of nitrogens with zero attached hydrogens (tertiary/aromatic N) is 1. The topological polar surface area (TPSA) is 98.7 Å². The summed E-state index contributed by atoms with van der Waals surface area (Å²) in [5.74, 6) is 6.39. The molecule has 0 aliphatic heterocycles. The van der Waals surface area contributed by atoms with E-state index < -0.39 is 22.2 Å². The Morgan fingerprint density at radius 1 is 1.18 bits per heavy atom. The highest BCUT2D eigenvalue weighted by Crippen LogP contribution is 2.27. The van der Waals surface area contributed by atoms with Crippen LogP contribution in [0.15, 0.2) is 54.6 Å². The van der Waals surface area contributed by atoms with E-state index in [-0.39, 0.29) is 12.5 Å². The molecule has 8 heteroatoms. The molecule has 0 aromatic heterocycles. The minimum atomic E-state index is -3.45. The van der Waals surface area contributed by atoms with Gasteiger partial charge in [0.05, 0.1) is 30.6 Å². The number of benzene rings is 2. The van der Waals surface area contributed by atoms with Crippen molar-refractivity contribution in [1.29, 1.82) is 0 Å². The Bertz CT molecular complexity index is 1110. The highest BCUT2D eigenvalue weighted by molar-refractivity contribution is 7.92. The van der Waals surface area contributed by atoms with Crippen LogP contribution in [0.4, 0.5) is 5.69 Å². The zero-order chi connectivity index (χ0) is 23.8. The monoisotopic (exact) mass is 469 g/mol. The normalized spacial score (nSPS) is 15.1. The van der Waals surface area contributed by atoms with Gasteiger partial charge in [0, 0.05) is 25.1 Å². The Morgan fingerprint density at radius 3 is 2.58 bits per heavy atom. The average molecular weight is 470 g/mol. The molecule has 1 aliphatic rings. The Morgan fingerprint density at radius 2 is 1.91 bits per heavy atom. The van der Waals surface area contributed by atoms with Crippen LogP contribution in [-0.2, 0) is 16.4 Å². The Hall–Kier alpha value is -2.86. The molecule has 1 fully saturated rings. The van der Waals surface area contributed by atoms with Crippen LogP contribution in [-0.4, -0.2) is 58.0 Å². The van der Waals surface area contributed by atoms with Gasteiger partial charge in [-0.25, -0.2) is 8.42 Å². The van der Waals surface area contributed by atoms with Gasteiger partial charge < -0.3 is 15.7 Å². The average Bonchev–Trinajstić information content (AvgIpc) is 3.62. The van der Waals surface area contributed by atoms with Gasteiger partial charge in [-0.1, -0.05) is 48.2 Å². The van der Waals surface area contributed by atoms with E-state index in [0.717, 1.165) is 16.1 Å². The zero-order valence-electron chi connectivity index (χ0n) is 19.0. The molecule has 7 nitrogen and oxygen atoms in total. The molecule has 0 bridgehead atoms. The molecule has 0 saturated heterocycles. The first-order valence-electron chi connectivity index (χ1n) is 11.0. The van der Waals surface area contributed by atoms with Gasteiger partial charge in [-0.3, -0.25) is 9.10 Å². The summed E-state index contributed by atoms with van der Waals surface area (Å²) in [5.41, 5.74) is 1.69. The first-order valence-corrected chi connectivity index (χ1v) is 12.8. The molecule has 1 amide bonds. The van der Waals surface area contributed by atoms with Gasteiger partial charge in [-0.05, 0) is 43.0 Å². The molecule has 0 heterocycles. The number of carbonyl (C=O) groups excluding carboxylic acids is 1. The lowest BCUT2D eigenvalue weighted by atomic mass is 10.0. The quantitative estimate of drug-likeness (QED) is 0.364. The smallest absolute Gasteiger partial charge is 0.251 e. The summed E-state index contributed by atoms with van der Waals surface area (Å²) >= 11 is 0. The van der Waals surface area contributed by atoms with Crippen molar-refractivity contribution in [3.63, 3.8) is 0 Å². The van der Waals surface area contributed by atoms with Crippen LogP contribution in [0.1, 0.15) is 28.8 Å². The van der Waals surface area contributed by atoms with Crippen molar-refractivity contribution < 1.29 is 18.3 Å². The van der Waals surface area contributed by atoms with Crippen LogP contribution < -0.4 is 14.9 Å². The standard InChI is InChI=1S/C25H31N3O4S/c1-28(33(2,31)32)22-12-6-11-21(17-22)25(30)27-23(16-20-8-4-3-5-9-20)24(29)18-26-15-7-10-19-13-14-19/h3-6,8-9,11-12,17,19,23-24,26,29H,13-16,18H2,1-2H3,(H,27,30). The number of aliphatic hydroxyl groups excluding tert-OH is 1. The van der Waals surface area contributed by atoms with E-state index in [1.807, 2.05) is 30.3 Å². The maximum absolute atomic E-state index is 13.0. The lowest BCUT2D eigenvalue weighted by molar-refractivity contribution is 0.0832. The molecule has 1 saturated carbocycles. The lowest BCUT2D eigenvalue weighted by Crippen LogP contribution is -2.48. The third-order valence-corrected chi connectivity index (χ3v) is 6.70. The van der Waals surface area contributed by atoms with Crippen LogP contribution in [0.2, 0.25) is 0 Å². The number of hydrogen-bond donors (Lipinski definition) is 3. The minimum Gasteiger partial charge on any atom is -0.390 e. The molecule has 0 radical (unpaired) electrons. The largest absolute Gasteiger partial charge is 0.390 e.